The zero-order valence-corrected chi connectivity index (χ0v) is 11.8. The predicted molar refractivity (Wildman–Crippen MR) is 76.4 cm³/mol. The SMILES string of the molecule is CCOC(=O)[C@H]1CCCCN1c1ccc([N+](=O)[O-])c(O)c1. The largest absolute Gasteiger partial charge is 0.502 e. The van der Waals surface area contributed by atoms with Crippen molar-refractivity contribution in [3.8, 4) is 5.75 Å². The first kappa shape index (κ1) is 15.1. The Morgan fingerprint density at radius 3 is 2.90 bits per heavy atom. The summed E-state index contributed by atoms with van der Waals surface area (Å²) in [5.74, 6) is -0.694. The van der Waals surface area contributed by atoms with Crippen LogP contribution < -0.4 is 4.90 Å². The van der Waals surface area contributed by atoms with E-state index < -0.39 is 16.7 Å². The molecule has 0 saturated carbocycles. The molecule has 0 radical (unpaired) electrons. The first-order valence-corrected chi connectivity index (χ1v) is 6.95. The third kappa shape index (κ3) is 3.24. The number of ether oxygens (including phenoxy) is 1. The van der Waals surface area contributed by atoms with Crippen LogP contribution in [0.15, 0.2) is 18.2 Å². The highest BCUT2D eigenvalue weighted by Crippen LogP contribution is 2.33. The van der Waals surface area contributed by atoms with Gasteiger partial charge in [0.15, 0.2) is 5.75 Å². The van der Waals surface area contributed by atoms with Crippen molar-refractivity contribution < 1.29 is 19.6 Å². The minimum atomic E-state index is -0.641. The summed E-state index contributed by atoms with van der Waals surface area (Å²) in [7, 11) is 0. The third-order valence-corrected chi connectivity index (χ3v) is 3.55. The van der Waals surface area contributed by atoms with E-state index in [2.05, 4.69) is 0 Å². The molecule has 0 aromatic heterocycles. The van der Waals surface area contributed by atoms with E-state index in [4.69, 9.17) is 4.74 Å². The van der Waals surface area contributed by atoms with Gasteiger partial charge in [-0.3, -0.25) is 10.1 Å². The highest BCUT2D eigenvalue weighted by atomic mass is 16.6. The van der Waals surface area contributed by atoms with E-state index in [0.29, 0.717) is 25.3 Å². The molecule has 0 spiro atoms. The van der Waals surface area contributed by atoms with Gasteiger partial charge in [-0.2, -0.15) is 0 Å². The normalized spacial score (nSPS) is 18.3. The number of aromatic hydroxyl groups is 1. The predicted octanol–water partition coefficient (Wildman–Crippen LogP) is 2.22. The maximum Gasteiger partial charge on any atom is 0.328 e. The van der Waals surface area contributed by atoms with Crippen molar-refractivity contribution in [2.24, 2.45) is 0 Å². The number of hydrogen-bond acceptors (Lipinski definition) is 6. The molecule has 7 heteroatoms. The average Bonchev–Trinajstić information content (AvgIpc) is 2.47. The molecule has 7 nitrogen and oxygen atoms in total. The zero-order chi connectivity index (χ0) is 15.4. The van der Waals surface area contributed by atoms with Gasteiger partial charge in [0.05, 0.1) is 11.5 Å². The minimum Gasteiger partial charge on any atom is -0.502 e. The fourth-order valence-electron chi connectivity index (χ4n) is 2.57. The number of rotatable bonds is 4. The number of piperidine rings is 1. The lowest BCUT2D eigenvalue weighted by Crippen LogP contribution is -2.45. The van der Waals surface area contributed by atoms with Crippen LogP contribution in [0.1, 0.15) is 26.2 Å². The molecule has 0 amide bonds. The maximum absolute atomic E-state index is 12.0. The number of phenolic OH excluding ortho intramolecular Hbond substituents is 1. The number of nitro benzene ring substituents is 1. The second kappa shape index (κ2) is 6.43. The molecule has 21 heavy (non-hydrogen) atoms. The smallest absolute Gasteiger partial charge is 0.328 e. The summed E-state index contributed by atoms with van der Waals surface area (Å²) in [4.78, 5) is 23.9. The van der Waals surface area contributed by atoms with Crippen LogP contribution in [0.25, 0.3) is 0 Å². The second-order valence-electron chi connectivity index (χ2n) is 4.89. The van der Waals surface area contributed by atoms with Gasteiger partial charge in [-0.05, 0) is 32.3 Å². The monoisotopic (exact) mass is 294 g/mol. The van der Waals surface area contributed by atoms with E-state index in [1.165, 1.54) is 12.1 Å². The molecular formula is C14H18N2O5. The molecule has 1 aliphatic rings. The molecule has 1 atom stereocenters. The van der Waals surface area contributed by atoms with Crippen LogP contribution >= 0.6 is 0 Å². The van der Waals surface area contributed by atoms with Gasteiger partial charge in [-0.25, -0.2) is 4.79 Å². The van der Waals surface area contributed by atoms with Gasteiger partial charge in [-0.1, -0.05) is 0 Å². The van der Waals surface area contributed by atoms with Crippen LogP contribution in [0.2, 0.25) is 0 Å². The lowest BCUT2D eigenvalue weighted by atomic mass is 10.0. The van der Waals surface area contributed by atoms with Gasteiger partial charge in [0, 0.05) is 24.4 Å². The number of benzene rings is 1. The number of phenols is 1. The van der Waals surface area contributed by atoms with Crippen molar-refractivity contribution in [1.29, 1.82) is 0 Å². The molecule has 0 unspecified atom stereocenters. The standard InChI is InChI=1S/C14H18N2O5/c1-2-21-14(18)12-5-3-4-8-15(12)10-6-7-11(16(19)20)13(17)9-10/h6-7,9,12,17H,2-5,8H2,1H3/t12-/m1/s1. The molecule has 114 valence electrons. The molecule has 1 N–H and O–H groups in total. The van der Waals surface area contributed by atoms with Crippen molar-refractivity contribution in [2.75, 3.05) is 18.1 Å². The molecule has 1 aromatic carbocycles. The van der Waals surface area contributed by atoms with E-state index in [1.807, 2.05) is 4.90 Å². The van der Waals surface area contributed by atoms with Gasteiger partial charge >= 0.3 is 11.7 Å². The Labute approximate surface area is 122 Å². The lowest BCUT2D eigenvalue weighted by Gasteiger charge is -2.35. The number of carbonyl (C=O) groups is 1. The number of esters is 1. The summed E-state index contributed by atoms with van der Waals surface area (Å²) in [6, 6.07) is 3.73. The summed E-state index contributed by atoms with van der Waals surface area (Å²) in [6.07, 6.45) is 2.53. The van der Waals surface area contributed by atoms with Crippen LogP contribution in [0.5, 0.6) is 5.75 Å². The highest BCUT2D eigenvalue weighted by molar-refractivity contribution is 5.80. The molecular weight excluding hydrogens is 276 g/mol. The summed E-state index contributed by atoms with van der Waals surface area (Å²) < 4.78 is 5.07. The Bertz CT molecular complexity index is 546. The van der Waals surface area contributed by atoms with E-state index in [9.17, 15) is 20.0 Å². The zero-order valence-electron chi connectivity index (χ0n) is 11.8. The van der Waals surface area contributed by atoms with Crippen molar-refractivity contribution >= 4 is 17.3 Å². The third-order valence-electron chi connectivity index (χ3n) is 3.55. The Morgan fingerprint density at radius 2 is 2.29 bits per heavy atom. The summed E-state index contributed by atoms with van der Waals surface area (Å²) in [5, 5.41) is 20.5. The number of anilines is 1. The summed E-state index contributed by atoms with van der Waals surface area (Å²) >= 11 is 0. The highest BCUT2D eigenvalue weighted by Gasteiger charge is 2.30. The average molecular weight is 294 g/mol. The molecule has 1 aliphatic heterocycles. The number of carbonyl (C=O) groups excluding carboxylic acids is 1. The van der Waals surface area contributed by atoms with E-state index >= 15 is 0 Å². The van der Waals surface area contributed by atoms with E-state index in [-0.39, 0.29) is 11.7 Å². The molecule has 0 bridgehead atoms. The molecule has 1 saturated heterocycles. The van der Waals surface area contributed by atoms with Gasteiger partial charge < -0.3 is 14.7 Å². The Morgan fingerprint density at radius 1 is 1.52 bits per heavy atom. The molecule has 1 heterocycles. The summed E-state index contributed by atoms with van der Waals surface area (Å²) in [6.45, 7) is 2.72. The first-order valence-electron chi connectivity index (χ1n) is 6.95. The van der Waals surface area contributed by atoms with Gasteiger partial charge in [0.25, 0.3) is 0 Å². The minimum absolute atomic E-state index is 0.296. The first-order chi connectivity index (χ1) is 10.0. The van der Waals surface area contributed by atoms with Crippen molar-refractivity contribution in [3.05, 3.63) is 28.3 Å². The second-order valence-corrected chi connectivity index (χ2v) is 4.89. The maximum atomic E-state index is 12.0. The van der Waals surface area contributed by atoms with Crippen molar-refractivity contribution in [3.63, 3.8) is 0 Å². The molecule has 0 aliphatic carbocycles. The van der Waals surface area contributed by atoms with Gasteiger partial charge in [-0.15, -0.1) is 0 Å². The molecule has 1 fully saturated rings. The lowest BCUT2D eigenvalue weighted by molar-refractivity contribution is -0.385. The topological polar surface area (TPSA) is 92.9 Å². The Kier molecular flexibility index (Phi) is 4.62. The van der Waals surface area contributed by atoms with E-state index in [0.717, 1.165) is 12.8 Å². The molecule has 1 aromatic rings. The fourth-order valence-corrected chi connectivity index (χ4v) is 2.57. The Hall–Kier alpha value is -2.31. The Balaban J connectivity index is 2.27. The summed E-state index contributed by atoms with van der Waals surface area (Å²) in [5.41, 5.74) is 0.249. The number of hydrogen-bond donors (Lipinski definition) is 1. The van der Waals surface area contributed by atoms with Gasteiger partial charge in [0.1, 0.15) is 6.04 Å². The van der Waals surface area contributed by atoms with E-state index in [1.54, 1.807) is 13.0 Å². The van der Waals surface area contributed by atoms with Crippen LogP contribution in [0, 0.1) is 10.1 Å². The van der Waals surface area contributed by atoms with Crippen LogP contribution in [-0.2, 0) is 9.53 Å². The van der Waals surface area contributed by atoms with Gasteiger partial charge in [0.2, 0.25) is 0 Å². The van der Waals surface area contributed by atoms with Crippen LogP contribution in [-0.4, -0.2) is 35.2 Å². The number of nitro groups is 1. The van der Waals surface area contributed by atoms with Crippen molar-refractivity contribution in [2.45, 2.75) is 32.2 Å². The quantitative estimate of drug-likeness (QED) is 0.520. The molecule has 2 rings (SSSR count). The fraction of sp³-hybridized carbons (Fsp3) is 0.500. The van der Waals surface area contributed by atoms with Crippen LogP contribution in [0.3, 0.4) is 0 Å². The number of nitrogens with zero attached hydrogens (tertiary/aromatic N) is 2. The van der Waals surface area contributed by atoms with Crippen LogP contribution in [0.4, 0.5) is 11.4 Å². The van der Waals surface area contributed by atoms with Crippen molar-refractivity contribution in [1.82, 2.24) is 0 Å².